The van der Waals surface area contributed by atoms with Crippen LogP contribution >= 0.6 is 0 Å². The van der Waals surface area contributed by atoms with E-state index in [0.29, 0.717) is 0 Å². The Bertz CT molecular complexity index is 1260. The molecule has 1 amide bonds. The van der Waals surface area contributed by atoms with Gasteiger partial charge in [0.2, 0.25) is 5.91 Å². The van der Waals surface area contributed by atoms with Crippen LogP contribution in [0.15, 0.2) is 91.0 Å². The number of hydrogen-bond donors (Lipinski definition) is 2. The number of aromatic nitrogens is 2. The number of amides is 1. The van der Waals surface area contributed by atoms with Crippen LogP contribution in [-0.4, -0.2) is 29.2 Å². The van der Waals surface area contributed by atoms with Gasteiger partial charge in [0.1, 0.15) is 0 Å². The molecule has 35 heavy (non-hydrogen) atoms. The Morgan fingerprint density at radius 1 is 0.771 bits per heavy atom. The van der Waals surface area contributed by atoms with Crippen molar-refractivity contribution >= 4 is 28.8 Å². The van der Waals surface area contributed by atoms with Gasteiger partial charge in [0.25, 0.3) is 0 Å². The first-order valence-electron chi connectivity index (χ1n) is 12.0. The Morgan fingerprint density at radius 3 is 2.11 bits per heavy atom. The molecule has 0 radical (unpaired) electrons. The summed E-state index contributed by atoms with van der Waals surface area (Å²) in [6.45, 7) is 3.66. The summed E-state index contributed by atoms with van der Waals surface area (Å²) < 4.78 is 0. The lowest BCUT2D eigenvalue weighted by atomic mass is 9.95. The molecule has 4 aromatic rings. The minimum Gasteiger partial charge on any atom is -0.356 e. The molecule has 5 rings (SSSR count). The number of piperidine rings is 1. The fourth-order valence-electron chi connectivity index (χ4n) is 4.44. The van der Waals surface area contributed by atoms with Gasteiger partial charge < -0.3 is 15.5 Å². The monoisotopic (exact) mass is 463 g/mol. The molecular formula is C29H29N5O. The van der Waals surface area contributed by atoms with Crippen molar-refractivity contribution in [1.29, 1.82) is 0 Å². The summed E-state index contributed by atoms with van der Waals surface area (Å²) in [6.07, 6.45) is 1.58. The van der Waals surface area contributed by atoms with Crippen molar-refractivity contribution in [3.8, 4) is 11.3 Å². The first kappa shape index (κ1) is 22.6. The average Bonchev–Trinajstić information content (AvgIpc) is 2.91. The number of aryl methyl sites for hydroxylation is 1. The fraction of sp³-hybridized carbons (Fsp3) is 0.207. The highest BCUT2D eigenvalue weighted by Crippen LogP contribution is 2.26. The molecule has 0 unspecified atom stereocenters. The highest BCUT2D eigenvalue weighted by molar-refractivity contribution is 5.93. The quantitative estimate of drug-likeness (QED) is 0.364. The number of para-hydroxylation sites is 1. The molecule has 2 heterocycles. The van der Waals surface area contributed by atoms with Crippen molar-refractivity contribution in [1.82, 2.24) is 10.2 Å². The smallest absolute Gasteiger partial charge is 0.227 e. The summed E-state index contributed by atoms with van der Waals surface area (Å²) >= 11 is 0. The van der Waals surface area contributed by atoms with Gasteiger partial charge in [-0.2, -0.15) is 0 Å². The normalized spacial score (nSPS) is 13.9. The molecule has 3 aromatic carbocycles. The van der Waals surface area contributed by atoms with E-state index in [1.807, 2.05) is 78.9 Å². The molecule has 6 heteroatoms. The molecule has 1 aliphatic heterocycles. The van der Waals surface area contributed by atoms with Gasteiger partial charge in [-0.1, -0.05) is 42.5 Å². The summed E-state index contributed by atoms with van der Waals surface area (Å²) in [7, 11) is 0. The molecule has 2 N–H and O–H groups in total. The molecule has 1 saturated heterocycles. The molecule has 1 fully saturated rings. The van der Waals surface area contributed by atoms with Crippen LogP contribution in [0.25, 0.3) is 11.3 Å². The van der Waals surface area contributed by atoms with Crippen LogP contribution < -0.4 is 15.5 Å². The Hall–Kier alpha value is -4.19. The van der Waals surface area contributed by atoms with E-state index in [2.05, 4.69) is 44.8 Å². The maximum absolute atomic E-state index is 12.8. The van der Waals surface area contributed by atoms with E-state index in [-0.39, 0.29) is 11.8 Å². The Morgan fingerprint density at radius 2 is 1.43 bits per heavy atom. The number of rotatable bonds is 6. The van der Waals surface area contributed by atoms with Gasteiger partial charge in [-0.25, -0.2) is 0 Å². The van der Waals surface area contributed by atoms with Crippen LogP contribution in [0, 0.1) is 12.8 Å². The van der Waals surface area contributed by atoms with Crippen LogP contribution in [0.5, 0.6) is 0 Å². The number of carbonyl (C=O) groups excluding carboxylic acids is 1. The fourth-order valence-corrected chi connectivity index (χ4v) is 4.44. The number of anilines is 4. The topological polar surface area (TPSA) is 70.2 Å². The second-order valence-electron chi connectivity index (χ2n) is 8.91. The molecule has 176 valence electrons. The molecule has 1 aromatic heterocycles. The highest BCUT2D eigenvalue weighted by atomic mass is 16.1. The van der Waals surface area contributed by atoms with Crippen molar-refractivity contribution in [3.05, 3.63) is 96.6 Å². The van der Waals surface area contributed by atoms with Crippen LogP contribution in [0.4, 0.5) is 22.9 Å². The van der Waals surface area contributed by atoms with Gasteiger partial charge in [-0.15, -0.1) is 10.2 Å². The lowest BCUT2D eigenvalue weighted by Gasteiger charge is -2.31. The van der Waals surface area contributed by atoms with Crippen LogP contribution in [0.2, 0.25) is 0 Å². The van der Waals surface area contributed by atoms with E-state index >= 15 is 0 Å². The van der Waals surface area contributed by atoms with Crippen molar-refractivity contribution in [2.75, 3.05) is 28.6 Å². The Balaban J connectivity index is 1.13. The van der Waals surface area contributed by atoms with E-state index in [9.17, 15) is 4.79 Å². The van der Waals surface area contributed by atoms with Crippen molar-refractivity contribution in [2.24, 2.45) is 5.92 Å². The number of benzene rings is 3. The molecule has 6 nitrogen and oxygen atoms in total. The van der Waals surface area contributed by atoms with Gasteiger partial charge >= 0.3 is 0 Å². The van der Waals surface area contributed by atoms with Gasteiger partial charge in [-0.05, 0) is 73.9 Å². The molecule has 0 atom stereocenters. The molecule has 0 bridgehead atoms. The zero-order valence-electron chi connectivity index (χ0n) is 19.8. The molecule has 0 spiro atoms. The van der Waals surface area contributed by atoms with Crippen molar-refractivity contribution in [2.45, 2.75) is 19.8 Å². The Labute approximate surface area is 206 Å². The average molecular weight is 464 g/mol. The van der Waals surface area contributed by atoms with Crippen molar-refractivity contribution < 1.29 is 4.79 Å². The first-order valence-corrected chi connectivity index (χ1v) is 12.0. The third kappa shape index (κ3) is 5.49. The molecule has 1 aliphatic rings. The predicted molar refractivity (Wildman–Crippen MR) is 142 cm³/mol. The third-order valence-electron chi connectivity index (χ3n) is 6.48. The maximum atomic E-state index is 12.8. The second kappa shape index (κ2) is 10.4. The van der Waals surface area contributed by atoms with Crippen molar-refractivity contribution in [3.63, 3.8) is 0 Å². The van der Waals surface area contributed by atoms with E-state index < -0.39 is 0 Å². The van der Waals surface area contributed by atoms with Gasteiger partial charge in [0.15, 0.2) is 5.82 Å². The lowest BCUT2D eigenvalue weighted by molar-refractivity contribution is -0.120. The predicted octanol–water partition coefficient (Wildman–Crippen LogP) is 6.05. The van der Waals surface area contributed by atoms with Gasteiger partial charge in [-0.3, -0.25) is 4.79 Å². The molecular weight excluding hydrogens is 434 g/mol. The highest BCUT2D eigenvalue weighted by Gasteiger charge is 2.26. The number of hydrogen-bond acceptors (Lipinski definition) is 5. The number of nitrogens with zero attached hydrogens (tertiary/aromatic N) is 3. The largest absolute Gasteiger partial charge is 0.356 e. The van der Waals surface area contributed by atoms with Crippen LogP contribution in [-0.2, 0) is 4.79 Å². The zero-order chi connectivity index (χ0) is 24.0. The van der Waals surface area contributed by atoms with E-state index in [1.54, 1.807) is 0 Å². The minimum absolute atomic E-state index is 0.00688. The summed E-state index contributed by atoms with van der Waals surface area (Å²) in [4.78, 5) is 15.1. The summed E-state index contributed by atoms with van der Waals surface area (Å²) in [5.74, 6) is 0.935. The molecule has 0 aliphatic carbocycles. The van der Waals surface area contributed by atoms with E-state index in [4.69, 9.17) is 0 Å². The van der Waals surface area contributed by atoms with Gasteiger partial charge in [0.05, 0.1) is 5.69 Å². The third-order valence-corrected chi connectivity index (χ3v) is 6.48. The second-order valence-corrected chi connectivity index (χ2v) is 8.91. The van der Waals surface area contributed by atoms with E-state index in [1.165, 1.54) is 5.56 Å². The SMILES string of the molecule is Cc1ccccc1-c1ccc(N2CCC(C(=O)Nc3ccc(Nc4ccccc4)cc3)CC2)nn1. The van der Waals surface area contributed by atoms with E-state index in [0.717, 1.165) is 60.1 Å². The van der Waals surface area contributed by atoms with Gasteiger partial charge in [0, 0.05) is 41.6 Å². The Kier molecular flexibility index (Phi) is 6.70. The van der Waals surface area contributed by atoms with Crippen LogP contribution in [0.1, 0.15) is 18.4 Å². The maximum Gasteiger partial charge on any atom is 0.227 e. The lowest BCUT2D eigenvalue weighted by Crippen LogP contribution is -2.38. The first-order chi connectivity index (χ1) is 17.2. The number of nitrogens with one attached hydrogen (secondary N) is 2. The number of carbonyl (C=O) groups is 1. The minimum atomic E-state index is -0.00688. The molecule has 0 saturated carbocycles. The standard InChI is InChI=1S/C29H29N5O/c1-21-7-5-6-10-26(21)27-15-16-28(33-32-27)34-19-17-22(18-20-34)29(35)31-25-13-11-24(12-14-25)30-23-8-3-2-4-9-23/h2-16,22,30H,17-20H2,1H3,(H,31,35). The summed E-state index contributed by atoms with van der Waals surface area (Å²) in [5, 5.41) is 15.3. The summed E-state index contributed by atoms with van der Waals surface area (Å²) in [5.41, 5.74) is 6.00. The zero-order valence-corrected chi connectivity index (χ0v) is 19.8. The summed E-state index contributed by atoms with van der Waals surface area (Å²) in [6, 6.07) is 30.1. The van der Waals surface area contributed by atoms with Crippen LogP contribution in [0.3, 0.4) is 0 Å².